The topological polar surface area (TPSA) is 80.5 Å². The summed E-state index contributed by atoms with van der Waals surface area (Å²) in [5.41, 5.74) is 7.27. The molecule has 5 nitrogen and oxygen atoms in total. The number of hydrogen-bond donors (Lipinski definition) is 1. The maximum absolute atomic E-state index is 13.2. The van der Waals surface area contributed by atoms with Gasteiger partial charge in [-0.2, -0.15) is 4.31 Å². The van der Waals surface area contributed by atoms with E-state index in [1.54, 1.807) is 54.6 Å². The van der Waals surface area contributed by atoms with Crippen molar-refractivity contribution in [3.05, 3.63) is 102 Å². The van der Waals surface area contributed by atoms with E-state index < -0.39 is 15.9 Å². The molecule has 2 N–H and O–H groups in total. The van der Waals surface area contributed by atoms with E-state index in [2.05, 4.69) is 0 Å². The summed E-state index contributed by atoms with van der Waals surface area (Å²) in [6, 6.07) is 24.4. The number of nitrogens with zero attached hydrogens (tertiary/aromatic N) is 1. The summed E-state index contributed by atoms with van der Waals surface area (Å²) in [6.45, 7) is 0.353. The molecule has 0 heterocycles. The zero-order valence-corrected chi connectivity index (χ0v) is 15.5. The lowest BCUT2D eigenvalue weighted by Gasteiger charge is -2.23. The number of benzene rings is 3. The van der Waals surface area contributed by atoms with E-state index in [0.717, 1.165) is 5.56 Å². The Hall–Kier alpha value is -2.96. The number of carbonyl (C=O) groups is 1. The Balaban J connectivity index is 1.97. The van der Waals surface area contributed by atoms with Crippen LogP contribution in [-0.4, -0.2) is 18.6 Å². The van der Waals surface area contributed by atoms with Crippen LogP contribution in [0.4, 0.5) is 0 Å². The van der Waals surface area contributed by atoms with Crippen molar-refractivity contribution in [1.82, 2.24) is 4.31 Å². The highest BCUT2D eigenvalue weighted by Gasteiger charge is 2.25. The Labute approximate surface area is 159 Å². The van der Waals surface area contributed by atoms with Crippen LogP contribution in [-0.2, 0) is 23.1 Å². The van der Waals surface area contributed by atoms with E-state index in [1.807, 2.05) is 30.3 Å². The Morgan fingerprint density at radius 2 is 1.33 bits per heavy atom. The average Bonchev–Trinajstić information content (AvgIpc) is 2.69. The molecule has 0 aliphatic rings. The molecule has 3 aromatic carbocycles. The molecule has 0 radical (unpaired) electrons. The van der Waals surface area contributed by atoms with Gasteiger partial charge >= 0.3 is 0 Å². The third-order valence-corrected chi connectivity index (χ3v) is 5.96. The van der Waals surface area contributed by atoms with Crippen molar-refractivity contribution in [2.75, 3.05) is 0 Å². The first-order chi connectivity index (χ1) is 13.0. The Morgan fingerprint density at radius 1 is 0.778 bits per heavy atom. The van der Waals surface area contributed by atoms with E-state index in [-0.39, 0.29) is 18.0 Å². The molecule has 27 heavy (non-hydrogen) atoms. The number of primary amides is 1. The van der Waals surface area contributed by atoms with Crippen LogP contribution in [0.15, 0.2) is 89.8 Å². The third-order valence-electron chi connectivity index (χ3n) is 4.15. The third kappa shape index (κ3) is 4.61. The van der Waals surface area contributed by atoms with Crippen molar-refractivity contribution in [2.45, 2.75) is 18.0 Å². The van der Waals surface area contributed by atoms with Crippen LogP contribution >= 0.6 is 0 Å². The number of carbonyl (C=O) groups excluding carboxylic acids is 1. The van der Waals surface area contributed by atoms with Crippen LogP contribution in [0.2, 0.25) is 0 Å². The maximum atomic E-state index is 13.2. The summed E-state index contributed by atoms with van der Waals surface area (Å²) in [4.78, 5) is 11.7. The predicted octanol–water partition coefficient (Wildman–Crippen LogP) is 3.18. The highest BCUT2D eigenvalue weighted by Crippen LogP contribution is 2.21. The largest absolute Gasteiger partial charge is 0.366 e. The summed E-state index contributed by atoms with van der Waals surface area (Å²) in [5, 5.41) is 0. The average molecular weight is 380 g/mol. The molecule has 0 spiro atoms. The van der Waals surface area contributed by atoms with Gasteiger partial charge < -0.3 is 5.73 Å². The van der Waals surface area contributed by atoms with Crippen molar-refractivity contribution in [3.8, 4) is 0 Å². The van der Waals surface area contributed by atoms with Crippen LogP contribution in [0, 0.1) is 0 Å². The van der Waals surface area contributed by atoms with Gasteiger partial charge in [-0.05, 0) is 35.4 Å². The molecule has 6 heteroatoms. The molecule has 1 amide bonds. The van der Waals surface area contributed by atoms with E-state index in [4.69, 9.17) is 5.73 Å². The van der Waals surface area contributed by atoms with Gasteiger partial charge in [0.25, 0.3) is 0 Å². The second-order valence-electron chi connectivity index (χ2n) is 6.14. The van der Waals surface area contributed by atoms with Gasteiger partial charge in [0.2, 0.25) is 15.9 Å². The number of nitrogens with two attached hydrogens (primary N) is 1. The lowest BCUT2D eigenvalue weighted by Crippen LogP contribution is -2.30. The number of amides is 1. The molecule has 0 fully saturated rings. The summed E-state index contributed by atoms with van der Waals surface area (Å²) in [6.07, 6.45) is 0. The molecule has 0 saturated heterocycles. The van der Waals surface area contributed by atoms with Gasteiger partial charge in [0.1, 0.15) is 0 Å². The zero-order valence-electron chi connectivity index (χ0n) is 14.7. The van der Waals surface area contributed by atoms with Gasteiger partial charge in [0, 0.05) is 18.7 Å². The molecule has 138 valence electrons. The first kappa shape index (κ1) is 18.8. The van der Waals surface area contributed by atoms with Gasteiger partial charge in [-0.1, -0.05) is 60.7 Å². The summed E-state index contributed by atoms with van der Waals surface area (Å²) in [5.74, 6) is -0.544. The van der Waals surface area contributed by atoms with Gasteiger partial charge in [-0.15, -0.1) is 0 Å². The van der Waals surface area contributed by atoms with Crippen LogP contribution < -0.4 is 5.73 Å². The van der Waals surface area contributed by atoms with Gasteiger partial charge in [0.15, 0.2) is 0 Å². The van der Waals surface area contributed by atoms with Crippen LogP contribution in [0.1, 0.15) is 21.5 Å². The molecule has 0 bridgehead atoms. The fraction of sp³-hybridized carbons (Fsp3) is 0.0952. The molecule has 0 aliphatic carbocycles. The highest BCUT2D eigenvalue weighted by molar-refractivity contribution is 7.89. The molecule has 3 aromatic rings. The SMILES string of the molecule is NC(=O)c1cccc(CN(Cc2ccccc2)S(=O)(=O)c2ccccc2)c1. The molecular formula is C21H20N2O3S. The number of hydrogen-bond acceptors (Lipinski definition) is 3. The van der Waals surface area contributed by atoms with Crippen molar-refractivity contribution < 1.29 is 13.2 Å². The first-order valence-corrected chi connectivity index (χ1v) is 9.89. The first-order valence-electron chi connectivity index (χ1n) is 8.45. The summed E-state index contributed by atoms with van der Waals surface area (Å²) < 4.78 is 27.8. The molecule has 0 aromatic heterocycles. The Morgan fingerprint density at radius 3 is 1.96 bits per heavy atom. The van der Waals surface area contributed by atoms with E-state index in [9.17, 15) is 13.2 Å². The molecule has 0 aliphatic heterocycles. The molecule has 3 rings (SSSR count). The number of sulfonamides is 1. The Bertz CT molecular complexity index is 1020. The van der Waals surface area contributed by atoms with Crippen LogP contribution in [0.3, 0.4) is 0 Å². The predicted molar refractivity (Wildman–Crippen MR) is 104 cm³/mol. The van der Waals surface area contributed by atoms with Gasteiger partial charge in [0.05, 0.1) is 4.90 Å². The molecule has 0 unspecified atom stereocenters. The van der Waals surface area contributed by atoms with E-state index in [1.165, 1.54) is 4.31 Å². The lowest BCUT2D eigenvalue weighted by molar-refractivity contribution is 0.1000. The fourth-order valence-corrected chi connectivity index (χ4v) is 4.22. The van der Waals surface area contributed by atoms with Gasteiger partial charge in [-0.25, -0.2) is 8.42 Å². The summed E-state index contributed by atoms with van der Waals surface area (Å²) >= 11 is 0. The van der Waals surface area contributed by atoms with Crippen molar-refractivity contribution in [1.29, 1.82) is 0 Å². The zero-order chi connectivity index (χ0) is 19.3. The van der Waals surface area contributed by atoms with E-state index in [0.29, 0.717) is 11.1 Å². The van der Waals surface area contributed by atoms with Gasteiger partial charge in [-0.3, -0.25) is 4.79 Å². The van der Waals surface area contributed by atoms with Crippen molar-refractivity contribution in [2.24, 2.45) is 5.73 Å². The number of rotatable bonds is 7. The van der Waals surface area contributed by atoms with Crippen molar-refractivity contribution >= 4 is 15.9 Å². The fourth-order valence-electron chi connectivity index (χ4n) is 2.78. The molecular weight excluding hydrogens is 360 g/mol. The second-order valence-corrected chi connectivity index (χ2v) is 8.07. The van der Waals surface area contributed by atoms with Crippen molar-refractivity contribution in [3.63, 3.8) is 0 Å². The smallest absolute Gasteiger partial charge is 0.248 e. The Kier molecular flexibility index (Phi) is 5.69. The highest BCUT2D eigenvalue weighted by atomic mass is 32.2. The standard InChI is InChI=1S/C21H20N2O3S/c22-21(24)19-11-7-10-18(14-19)16-23(15-17-8-3-1-4-9-17)27(25,26)20-12-5-2-6-13-20/h1-14H,15-16H2,(H2,22,24). The van der Waals surface area contributed by atoms with Crippen LogP contribution in [0.25, 0.3) is 0 Å². The minimum atomic E-state index is -3.71. The molecule has 0 atom stereocenters. The normalized spacial score (nSPS) is 11.4. The summed E-state index contributed by atoms with van der Waals surface area (Å²) in [7, 11) is -3.71. The quantitative estimate of drug-likeness (QED) is 0.684. The van der Waals surface area contributed by atoms with Crippen LogP contribution in [0.5, 0.6) is 0 Å². The maximum Gasteiger partial charge on any atom is 0.248 e. The van der Waals surface area contributed by atoms with E-state index >= 15 is 0 Å². The minimum Gasteiger partial charge on any atom is -0.366 e. The molecule has 0 saturated carbocycles. The second kappa shape index (κ2) is 8.16. The lowest BCUT2D eigenvalue weighted by atomic mass is 10.1. The monoisotopic (exact) mass is 380 g/mol. The minimum absolute atomic E-state index is 0.132.